The fourth-order valence-corrected chi connectivity index (χ4v) is 1.99. The van der Waals surface area contributed by atoms with Gasteiger partial charge in [0, 0.05) is 6.54 Å². The predicted molar refractivity (Wildman–Crippen MR) is 53.6 cm³/mol. The number of hydrogen-bond donors (Lipinski definition) is 1. The third-order valence-electron chi connectivity index (χ3n) is 1.83. The Morgan fingerprint density at radius 3 is 2.87 bits per heavy atom. The first-order chi connectivity index (χ1) is 7.00. The number of carbonyl (C=O) groups is 1. The maximum absolute atomic E-state index is 12.0. The molecule has 0 spiro atoms. The van der Waals surface area contributed by atoms with E-state index in [0.717, 1.165) is 11.3 Å². The number of thiophene rings is 1. The molecule has 0 aromatic carbocycles. The fraction of sp³-hybridized carbons (Fsp3) is 0.444. The lowest BCUT2D eigenvalue weighted by Gasteiger charge is -2.15. The van der Waals surface area contributed by atoms with Gasteiger partial charge in [0.25, 0.3) is 6.43 Å². The first-order valence-electron chi connectivity index (χ1n) is 4.27. The minimum Gasteiger partial charge on any atom is -0.477 e. The number of carboxylic acids is 1. The van der Waals surface area contributed by atoms with E-state index < -0.39 is 12.4 Å². The minimum absolute atomic E-state index is 0.219. The first kappa shape index (κ1) is 12.1. The van der Waals surface area contributed by atoms with Crippen LogP contribution in [0.25, 0.3) is 0 Å². The Bertz CT molecular complexity index is 341. The number of halogens is 2. The zero-order chi connectivity index (χ0) is 11.4. The van der Waals surface area contributed by atoms with Gasteiger partial charge in [0.2, 0.25) is 0 Å². The number of rotatable bonds is 5. The summed E-state index contributed by atoms with van der Waals surface area (Å²) in [6.07, 6.45) is -2.40. The van der Waals surface area contributed by atoms with Crippen molar-refractivity contribution in [1.82, 2.24) is 4.90 Å². The van der Waals surface area contributed by atoms with Gasteiger partial charge in [0.15, 0.2) is 0 Å². The maximum Gasteiger partial charge on any atom is 0.346 e. The highest BCUT2D eigenvalue weighted by Crippen LogP contribution is 2.18. The molecule has 0 fully saturated rings. The SMILES string of the molecule is CN(Cc1ccsc1C(=O)O)CC(F)F. The molecule has 0 amide bonds. The topological polar surface area (TPSA) is 40.5 Å². The van der Waals surface area contributed by atoms with E-state index in [9.17, 15) is 13.6 Å². The monoisotopic (exact) mass is 235 g/mol. The zero-order valence-corrected chi connectivity index (χ0v) is 8.93. The van der Waals surface area contributed by atoms with Gasteiger partial charge in [-0.3, -0.25) is 4.90 Å². The van der Waals surface area contributed by atoms with Crippen LogP contribution in [0.5, 0.6) is 0 Å². The Labute approximate surface area is 89.9 Å². The molecule has 0 bridgehead atoms. The summed E-state index contributed by atoms with van der Waals surface area (Å²) in [5, 5.41) is 10.4. The van der Waals surface area contributed by atoms with Crippen molar-refractivity contribution in [2.75, 3.05) is 13.6 Å². The van der Waals surface area contributed by atoms with Gasteiger partial charge in [-0.25, -0.2) is 13.6 Å². The molecule has 15 heavy (non-hydrogen) atoms. The number of alkyl halides is 2. The molecule has 0 unspecified atom stereocenters. The standard InChI is InChI=1S/C9H11F2NO2S/c1-12(5-7(10)11)4-6-2-3-15-8(6)9(13)14/h2-3,7H,4-5H2,1H3,(H,13,14). The van der Waals surface area contributed by atoms with Crippen molar-refractivity contribution < 1.29 is 18.7 Å². The van der Waals surface area contributed by atoms with Crippen LogP contribution in [0.1, 0.15) is 15.2 Å². The quantitative estimate of drug-likeness (QED) is 0.850. The number of nitrogens with zero attached hydrogens (tertiary/aromatic N) is 1. The summed E-state index contributed by atoms with van der Waals surface area (Å²) in [5.74, 6) is -1.01. The smallest absolute Gasteiger partial charge is 0.346 e. The van der Waals surface area contributed by atoms with E-state index >= 15 is 0 Å². The van der Waals surface area contributed by atoms with Gasteiger partial charge in [0.1, 0.15) is 4.88 Å². The average molecular weight is 235 g/mol. The Balaban J connectivity index is 2.64. The normalized spacial score (nSPS) is 11.3. The summed E-state index contributed by atoms with van der Waals surface area (Å²) in [6.45, 7) is -0.121. The van der Waals surface area contributed by atoms with Crippen LogP contribution in [-0.4, -0.2) is 36.0 Å². The van der Waals surface area contributed by atoms with Gasteiger partial charge in [-0.2, -0.15) is 0 Å². The second kappa shape index (κ2) is 5.18. The van der Waals surface area contributed by atoms with Crippen molar-refractivity contribution in [1.29, 1.82) is 0 Å². The Hall–Kier alpha value is -1.01. The van der Waals surface area contributed by atoms with Crippen LogP contribution in [0.3, 0.4) is 0 Å². The van der Waals surface area contributed by atoms with Gasteiger partial charge in [-0.1, -0.05) is 0 Å². The van der Waals surface area contributed by atoms with Crippen molar-refractivity contribution in [2.45, 2.75) is 13.0 Å². The van der Waals surface area contributed by atoms with Crippen molar-refractivity contribution in [3.05, 3.63) is 21.9 Å². The van der Waals surface area contributed by atoms with E-state index in [-0.39, 0.29) is 18.0 Å². The molecule has 0 saturated heterocycles. The van der Waals surface area contributed by atoms with Gasteiger partial charge in [0.05, 0.1) is 6.54 Å². The molecule has 1 heterocycles. The molecule has 0 aliphatic rings. The lowest BCUT2D eigenvalue weighted by Crippen LogP contribution is -2.24. The molecule has 0 radical (unpaired) electrons. The lowest BCUT2D eigenvalue weighted by atomic mass is 10.2. The Morgan fingerprint density at radius 2 is 2.33 bits per heavy atom. The highest BCUT2D eigenvalue weighted by molar-refractivity contribution is 7.12. The summed E-state index contributed by atoms with van der Waals surface area (Å²) in [5.41, 5.74) is 0.579. The lowest BCUT2D eigenvalue weighted by molar-refractivity contribution is 0.0699. The van der Waals surface area contributed by atoms with E-state index in [1.165, 1.54) is 11.9 Å². The average Bonchev–Trinajstić information content (AvgIpc) is 2.50. The molecule has 1 rings (SSSR count). The second-order valence-corrected chi connectivity index (χ2v) is 4.08. The second-order valence-electron chi connectivity index (χ2n) is 3.17. The Kier molecular flexibility index (Phi) is 4.16. The first-order valence-corrected chi connectivity index (χ1v) is 5.15. The zero-order valence-electron chi connectivity index (χ0n) is 8.11. The summed E-state index contributed by atoms with van der Waals surface area (Å²) in [4.78, 5) is 12.4. The number of hydrogen-bond acceptors (Lipinski definition) is 3. The summed E-state index contributed by atoms with van der Waals surface area (Å²) in [7, 11) is 1.54. The van der Waals surface area contributed by atoms with Gasteiger partial charge < -0.3 is 5.11 Å². The van der Waals surface area contributed by atoms with Crippen LogP contribution in [-0.2, 0) is 6.54 Å². The Morgan fingerprint density at radius 1 is 1.67 bits per heavy atom. The van der Waals surface area contributed by atoms with Crippen molar-refractivity contribution in [3.8, 4) is 0 Å². The number of carboxylic acid groups (broad SMARTS) is 1. The summed E-state index contributed by atoms with van der Waals surface area (Å²) < 4.78 is 24.0. The summed E-state index contributed by atoms with van der Waals surface area (Å²) >= 11 is 1.10. The van der Waals surface area contributed by atoms with Gasteiger partial charge in [-0.15, -0.1) is 11.3 Å². The highest BCUT2D eigenvalue weighted by Gasteiger charge is 2.14. The van der Waals surface area contributed by atoms with E-state index in [1.54, 1.807) is 11.4 Å². The van der Waals surface area contributed by atoms with Gasteiger partial charge >= 0.3 is 5.97 Å². The van der Waals surface area contributed by atoms with Crippen molar-refractivity contribution in [3.63, 3.8) is 0 Å². The summed E-state index contributed by atoms with van der Waals surface area (Å²) in [6, 6.07) is 1.65. The van der Waals surface area contributed by atoms with Crippen LogP contribution >= 0.6 is 11.3 Å². The molecule has 3 nitrogen and oxygen atoms in total. The molecule has 84 valence electrons. The predicted octanol–water partition coefficient (Wildman–Crippen LogP) is 2.14. The van der Waals surface area contributed by atoms with E-state index in [2.05, 4.69) is 0 Å². The van der Waals surface area contributed by atoms with E-state index in [1.807, 2.05) is 0 Å². The van der Waals surface area contributed by atoms with Crippen molar-refractivity contribution in [2.24, 2.45) is 0 Å². The van der Waals surface area contributed by atoms with Crippen LogP contribution in [0, 0.1) is 0 Å². The third kappa shape index (κ3) is 3.56. The van der Waals surface area contributed by atoms with E-state index in [4.69, 9.17) is 5.11 Å². The van der Waals surface area contributed by atoms with Gasteiger partial charge in [-0.05, 0) is 24.1 Å². The molecule has 6 heteroatoms. The van der Waals surface area contributed by atoms with E-state index in [0.29, 0.717) is 5.56 Å². The van der Waals surface area contributed by atoms with Crippen molar-refractivity contribution >= 4 is 17.3 Å². The fourth-order valence-electron chi connectivity index (χ4n) is 1.24. The molecule has 0 aliphatic carbocycles. The maximum atomic E-state index is 12.0. The molecule has 0 atom stereocenters. The molecular weight excluding hydrogens is 224 g/mol. The molecule has 1 aromatic rings. The molecule has 0 saturated carbocycles. The van der Waals surface area contributed by atoms with Crippen LogP contribution in [0.2, 0.25) is 0 Å². The molecular formula is C9H11F2NO2S. The molecule has 1 N–H and O–H groups in total. The van der Waals surface area contributed by atoms with Crippen LogP contribution < -0.4 is 0 Å². The minimum atomic E-state index is -2.40. The molecule has 0 aliphatic heterocycles. The molecule has 1 aromatic heterocycles. The number of aromatic carboxylic acids is 1. The van der Waals surface area contributed by atoms with Crippen LogP contribution in [0.4, 0.5) is 8.78 Å². The largest absolute Gasteiger partial charge is 0.477 e. The third-order valence-corrected chi connectivity index (χ3v) is 2.78. The van der Waals surface area contributed by atoms with Crippen LogP contribution in [0.15, 0.2) is 11.4 Å². The highest BCUT2D eigenvalue weighted by atomic mass is 32.1.